The SMILES string of the molecule is c1ccc(-c2nc3ccccc3s2)cc1.c1ccc2ncccc2c1. The van der Waals surface area contributed by atoms with Gasteiger partial charge < -0.3 is 0 Å². The third-order valence-electron chi connectivity index (χ3n) is 3.83. The summed E-state index contributed by atoms with van der Waals surface area (Å²) >= 11 is 1.74. The lowest BCUT2D eigenvalue weighted by Gasteiger charge is -1.92. The van der Waals surface area contributed by atoms with Gasteiger partial charge in [0.05, 0.1) is 15.7 Å². The second kappa shape index (κ2) is 7.24. The van der Waals surface area contributed by atoms with Crippen molar-refractivity contribution >= 4 is 32.5 Å². The van der Waals surface area contributed by atoms with Gasteiger partial charge in [0.1, 0.15) is 5.01 Å². The highest BCUT2D eigenvalue weighted by molar-refractivity contribution is 7.21. The summed E-state index contributed by atoms with van der Waals surface area (Å²) in [4.78, 5) is 8.78. The Balaban J connectivity index is 0.000000136. The maximum Gasteiger partial charge on any atom is 0.124 e. The molecule has 5 aromatic rings. The zero-order valence-electron chi connectivity index (χ0n) is 13.5. The first-order chi connectivity index (χ1) is 12.4. The van der Waals surface area contributed by atoms with Crippen LogP contribution in [-0.4, -0.2) is 9.97 Å². The van der Waals surface area contributed by atoms with Crippen LogP contribution in [0, 0.1) is 0 Å². The smallest absolute Gasteiger partial charge is 0.124 e. The lowest BCUT2D eigenvalue weighted by Crippen LogP contribution is -1.73. The molecule has 0 saturated heterocycles. The van der Waals surface area contributed by atoms with E-state index in [-0.39, 0.29) is 0 Å². The van der Waals surface area contributed by atoms with Gasteiger partial charge in [-0.1, -0.05) is 66.7 Å². The van der Waals surface area contributed by atoms with Crippen molar-refractivity contribution in [1.82, 2.24) is 9.97 Å². The molecule has 0 unspecified atom stereocenters. The van der Waals surface area contributed by atoms with Crippen LogP contribution in [0.2, 0.25) is 0 Å². The van der Waals surface area contributed by atoms with Gasteiger partial charge in [-0.05, 0) is 24.3 Å². The van der Waals surface area contributed by atoms with Gasteiger partial charge in [0.25, 0.3) is 0 Å². The summed E-state index contributed by atoms with van der Waals surface area (Å²) in [6.07, 6.45) is 1.81. The molecule has 5 rings (SSSR count). The van der Waals surface area contributed by atoms with E-state index >= 15 is 0 Å². The second-order valence-corrected chi connectivity index (χ2v) is 6.58. The van der Waals surface area contributed by atoms with Gasteiger partial charge in [-0.25, -0.2) is 4.98 Å². The number of benzene rings is 3. The fraction of sp³-hybridized carbons (Fsp3) is 0. The lowest BCUT2D eigenvalue weighted by atomic mass is 10.2. The van der Waals surface area contributed by atoms with E-state index in [1.54, 1.807) is 11.3 Å². The van der Waals surface area contributed by atoms with Crippen LogP contribution in [-0.2, 0) is 0 Å². The standard InChI is InChI=1S/C13H9NS.C9H7N/c1-2-6-10(7-3-1)13-14-11-8-4-5-9-12(11)15-13;1-2-6-9-8(4-1)5-3-7-10-9/h1-9H;1-7H. The number of aromatic nitrogens is 2. The highest BCUT2D eigenvalue weighted by Crippen LogP contribution is 2.29. The van der Waals surface area contributed by atoms with E-state index < -0.39 is 0 Å². The molecular weight excluding hydrogens is 324 g/mol. The molecule has 0 aliphatic rings. The normalized spacial score (nSPS) is 10.4. The van der Waals surface area contributed by atoms with Crippen LogP contribution in [0.5, 0.6) is 0 Å². The Bertz CT molecular complexity index is 1000. The van der Waals surface area contributed by atoms with Crippen LogP contribution in [0.4, 0.5) is 0 Å². The Kier molecular flexibility index (Phi) is 4.49. The number of fused-ring (bicyclic) bond motifs is 2. The van der Waals surface area contributed by atoms with Crippen molar-refractivity contribution < 1.29 is 0 Å². The van der Waals surface area contributed by atoms with Crippen LogP contribution in [0.3, 0.4) is 0 Å². The average molecular weight is 340 g/mol. The molecule has 0 atom stereocenters. The molecule has 0 aliphatic carbocycles. The van der Waals surface area contributed by atoms with E-state index in [9.17, 15) is 0 Å². The molecule has 2 aromatic heterocycles. The molecule has 0 saturated carbocycles. The molecular formula is C22H16N2S. The molecule has 25 heavy (non-hydrogen) atoms. The number of nitrogens with zero attached hydrogens (tertiary/aromatic N) is 2. The summed E-state index contributed by atoms with van der Waals surface area (Å²) in [7, 11) is 0. The summed E-state index contributed by atoms with van der Waals surface area (Å²) in [5.41, 5.74) is 3.34. The molecule has 120 valence electrons. The van der Waals surface area contributed by atoms with Crippen LogP contribution >= 0.6 is 11.3 Å². The number of thiazole rings is 1. The molecule has 0 spiro atoms. The van der Waals surface area contributed by atoms with E-state index in [0.29, 0.717) is 0 Å². The maximum atomic E-state index is 4.60. The van der Waals surface area contributed by atoms with Crippen molar-refractivity contribution in [3.05, 3.63) is 97.2 Å². The fourth-order valence-corrected chi connectivity index (χ4v) is 3.56. The molecule has 2 nitrogen and oxygen atoms in total. The van der Waals surface area contributed by atoms with Crippen molar-refractivity contribution in [1.29, 1.82) is 0 Å². The monoisotopic (exact) mass is 340 g/mol. The molecule has 0 amide bonds. The third kappa shape index (κ3) is 3.57. The number of hydrogen-bond donors (Lipinski definition) is 0. The minimum Gasteiger partial charge on any atom is -0.256 e. The summed E-state index contributed by atoms with van der Waals surface area (Å²) in [5, 5.41) is 2.29. The predicted molar refractivity (Wildman–Crippen MR) is 107 cm³/mol. The van der Waals surface area contributed by atoms with Crippen molar-refractivity contribution in [2.75, 3.05) is 0 Å². The van der Waals surface area contributed by atoms with Gasteiger partial charge in [-0.3, -0.25) is 4.98 Å². The molecule has 0 bridgehead atoms. The number of hydrogen-bond acceptors (Lipinski definition) is 3. The van der Waals surface area contributed by atoms with Gasteiger partial charge in [0, 0.05) is 17.1 Å². The van der Waals surface area contributed by atoms with Crippen LogP contribution in [0.25, 0.3) is 31.7 Å². The molecule has 3 aromatic carbocycles. The minimum absolute atomic E-state index is 1.06. The van der Waals surface area contributed by atoms with Crippen molar-refractivity contribution in [3.8, 4) is 10.6 Å². The lowest BCUT2D eigenvalue weighted by molar-refractivity contribution is 1.41. The first-order valence-corrected chi connectivity index (χ1v) is 8.92. The van der Waals surface area contributed by atoms with Crippen molar-refractivity contribution in [3.63, 3.8) is 0 Å². The van der Waals surface area contributed by atoms with Crippen LogP contribution < -0.4 is 0 Å². The topological polar surface area (TPSA) is 25.8 Å². The Morgan fingerprint density at radius 2 is 1.28 bits per heavy atom. The second-order valence-electron chi connectivity index (χ2n) is 5.55. The summed E-state index contributed by atoms with van der Waals surface area (Å²) in [6.45, 7) is 0. The number of para-hydroxylation sites is 2. The van der Waals surface area contributed by atoms with Crippen molar-refractivity contribution in [2.24, 2.45) is 0 Å². The van der Waals surface area contributed by atoms with Crippen LogP contribution in [0.15, 0.2) is 97.2 Å². The maximum absolute atomic E-state index is 4.60. The summed E-state index contributed by atoms with van der Waals surface area (Å²) in [5.74, 6) is 0. The van der Waals surface area contributed by atoms with Gasteiger partial charge in [-0.15, -0.1) is 11.3 Å². The summed E-state index contributed by atoms with van der Waals surface area (Å²) < 4.78 is 1.25. The van der Waals surface area contributed by atoms with E-state index in [1.807, 2.05) is 54.7 Å². The van der Waals surface area contributed by atoms with E-state index in [1.165, 1.54) is 15.6 Å². The largest absolute Gasteiger partial charge is 0.256 e. The first-order valence-electron chi connectivity index (χ1n) is 8.11. The van der Waals surface area contributed by atoms with E-state index in [2.05, 4.69) is 52.4 Å². The van der Waals surface area contributed by atoms with Gasteiger partial charge in [0.15, 0.2) is 0 Å². The van der Waals surface area contributed by atoms with Gasteiger partial charge >= 0.3 is 0 Å². The van der Waals surface area contributed by atoms with E-state index in [4.69, 9.17) is 0 Å². The number of pyridine rings is 1. The molecule has 0 aliphatic heterocycles. The predicted octanol–water partition coefficient (Wildman–Crippen LogP) is 6.20. The zero-order chi connectivity index (χ0) is 16.9. The Morgan fingerprint density at radius 1 is 0.600 bits per heavy atom. The highest BCUT2D eigenvalue weighted by Gasteiger charge is 2.03. The molecule has 3 heteroatoms. The molecule has 2 heterocycles. The zero-order valence-corrected chi connectivity index (χ0v) is 14.4. The van der Waals surface area contributed by atoms with Crippen LogP contribution in [0.1, 0.15) is 0 Å². The quantitative estimate of drug-likeness (QED) is 0.363. The third-order valence-corrected chi connectivity index (χ3v) is 4.91. The molecule has 0 fully saturated rings. The highest BCUT2D eigenvalue weighted by atomic mass is 32.1. The fourth-order valence-electron chi connectivity index (χ4n) is 2.59. The number of rotatable bonds is 1. The summed E-state index contributed by atoms with van der Waals surface area (Å²) in [6, 6.07) is 30.6. The first kappa shape index (κ1) is 15.5. The molecule has 0 N–H and O–H groups in total. The molecule has 0 radical (unpaired) electrons. The van der Waals surface area contributed by atoms with E-state index in [0.717, 1.165) is 16.0 Å². The van der Waals surface area contributed by atoms with Gasteiger partial charge in [0.2, 0.25) is 0 Å². The Labute approximate surface area is 150 Å². The van der Waals surface area contributed by atoms with Gasteiger partial charge in [-0.2, -0.15) is 0 Å². The Hall–Kier alpha value is -3.04. The minimum atomic E-state index is 1.06. The Morgan fingerprint density at radius 3 is 2.08 bits per heavy atom. The van der Waals surface area contributed by atoms with Crippen molar-refractivity contribution in [2.45, 2.75) is 0 Å². The average Bonchev–Trinajstić information content (AvgIpc) is 3.14.